The summed E-state index contributed by atoms with van der Waals surface area (Å²) in [7, 11) is 0. The molecule has 1 amide bonds. The van der Waals surface area contributed by atoms with Crippen LogP contribution in [0.25, 0.3) is 23.0 Å². The molecule has 0 saturated heterocycles. The Balaban J connectivity index is 1.63. The van der Waals surface area contributed by atoms with E-state index < -0.39 is 11.6 Å². The number of hydrogen-bond donors (Lipinski definition) is 2. The first kappa shape index (κ1) is 21.5. The monoisotopic (exact) mass is 457 g/mol. The number of rotatable bonds is 4. The number of aryl methyl sites for hydroxylation is 2. The highest BCUT2D eigenvalue weighted by Gasteiger charge is 2.27. The molecule has 3 N–H and O–H groups in total. The van der Waals surface area contributed by atoms with Crippen molar-refractivity contribution in [2.75, 3.05) is 11.1 Å². The van der Waals surface area contributed by atoms with Gasteiger partial charge in [-0.3, -0.25) is 9.78 Å². The van der Waals surface area contributed by atoms with Crippen LogP contribution in [0.15, 0.2) is 55.4 Å². The summed E-state index contributed by atoms with van der Waals surface area (Å²) in [4.78, 5) is 16.9. The van der Waals surface area contributed by atoms with Crippen molar-refractivity contribution in [3.05, 3.63) is 95.0 Å². The summed E-state index contributed by atoms with van der Waals surface area (Å²) in [6, 6.07) is 9.24. The maximum Gasteiger partial charge on any atom is 0.256 e. The first-order valence-electron chi connectivity index (χ1n) is 10.7. The maximum atomic E-state index is 14.9. The minimum atomic E-state index is -0.731. The zero-order valence-electron chi connectivity index (χ0n) is 18.4. The molecule has 1 aliphatic carbocycles. The SMILES string of the molecule is C=Cc1nn(-c2cc(F)c(N)cc2F)c2c1CCc1ccc(NC(=O)c3ccncc3C)cc1-2. The van der Waals surface area contributed by atoms with Crippen molar-refractivity contribution in [3.8, 4) is 16.9 Å². The van der Waals surface area contributed by atoms with Crippen molar-refractivity contribution in [2.45, 2.75) is 19.8 Å². The lowest BCUT2D eigenvalue weighted by Crippen LogP contribution is -2.14. The molecule has 2 aromatic carbocycles. The number of nitrogens with zero attached hydrogens (tertiary/aromatic N) is 3. The number of fused-ring (bicyclic) bond motifs is 3. The van der Waals surface area contributed by atoms with Gasteiger partial charge in [-0.25, -0.2) is 13.5 Å². The molecule has 8 heteroatoms. The average Bonchev–Trinajstić information content (AvgIpc) is 3.20. The third-order valence-electron chi connectivity index (χ3n) is 6.03. The summed E-state index contributed by atoms with van der Waals surface area (Å²) in [6.07, 6.45) is 6.21. The number of benzene rings is 2. The van der Waals surface area contributed by atoms with Crippen LogP contribution < -0.4 is 11.1 Å². The highest BCUT2D eigenvalue weighted by atomic mass is 19.1. The van der Waals surface area contributed by atoms with Gasteiger partial charge in [-0.2, -0.15) is 5.10 Å². The Labute approximate surface area is 194 Å². The molecule has 0 unspecified atom stereocenters. The zero-order valence-corrected chi connectivity index (χ0v) is 18.4. The van der Waals surface area contributed by atoms with Crippen LogP contribution in [0.4, 0.5) is 20.2 Å². The third-order valence-corrected chi connectivity index (χ3v) is 6.03. The second kappa shape index (κ2) is 8.22. The molecule has 0 fully saturated rings. The predicted octanol–water partition coefficient (Wildman–Crippen LogP) is 5.10. The van der Waals surface area contributed by atoms with Gasteiger partial charge in [0.2, 0.25) is 0 Å². The Hall–Kier alpha value is -4.33. The summed E-state index contributed by atoms with van der Waals surface area (Å²) in [5.74, 6) is -1.68. The van der Waals surface area contributed by atoms with Crippen LogP contribution >= 0.6 is 0 Å². The molecule has 2 aromatic heterocycles. The van der Waals surface area contributed by atoms with E-state index in [1.807, 2.05) is 25.1 Å². The van der Waals surface area contributed by atoms with Gasteiger partial charge in [-0.15, -0.1) is 0 Å². The van der Waals surface area contributed by atoms with Crippen molar-refractivity contribution in [1.82, 2.24) is 14.8 Å². The van der Waals surface area contributed by atoms with E-state index in [-0.39, 0.29) is 17.3 Å². The number of nitrogens with two attached hydrogens (primary N) is 1. The van der Waals surface area contributed by atoms with E-state index in [9.17, 15) is 13.6 Å². The van der Waals surface area contributed by atoms with Gasteiger partial charge in [-0.1, -0.05) is 12.6 Å². The zero-order chi connectivity index (χ0) is 24.0. The van der Waals surface area contributed by atoms with E-state index in [4.69, 9.17) is 5.73 Å². The summed E-state index contributed by atoms with van der Waals surface area (Å²) in [5.41, 5.74) is 11.0. The number of nitrogens with one attached hydrogen (secondary N) is 1. The molecule has 0 radical (unpaired) electrons. The van der Waals surface area contributed by atoms with E-state index in [2.05, 4.69) is 22.0 Å². The average molecular weight is 457 g/mol. The van der Waals surface area contributed by atoms with Gasteiger partial charge >= 0.3 is 0 Å². The minimum Gasteiger partial charge on any atom is -0.396 e. The number of amides is 1. The van der Waals surface area contributed by atoms with Crippen LogP contribution in [0.1, 0.15) is 32.7 Å². The Morgan fingerprint density at radius 3 is 2.76 bits per heavy atom. The van der Waals surface area contributed by atoms with E-state index in [0.717, 1.165) is 40.8 Å². The first-order valence-corrected chi connectivity index (χ1v) is 10.7. The molecule has 5 rings (SSSR count). The molecule has 4 aromatic rings. The van der Waals surface area contributed by atoms with E-state index in [1.165, 1.54) is 4.68 Å². The fourth-order valence-corrected chi connectivity index (χ4v) is 4.32. The van der Waals surface area contributed by atoms with Gasteiger partial charge in [0, 0.05) is 46.9 Å². The Kier molecular flexibility index (Phi) is 5.20. The van der Waals surface area contributed by atoms with Gasteiger partial charge in [0.1, 0.15) is 11.5 Å². The Bertz CT molecular complexity index is 1470. The fourth-order valence-electron chi connectivity index (χ4n) is 4.32. The molecule has 6 nitrogen and oxygen atoms in total. The van der Waals surface area contributed by atoms with E-state index >= 15 is 0 Å². The van der Waals surface area contributed by atoms with Crippen molar-refractivity contribution >= 4 is 23.4 Å². The second-order valence-electron chi connectivity index (χ2n) is 8.17. The molecule has 1 aliphatic rings. The fraction of sp³-hybridized carbons (Fsp3) is 0.115. The first-order chi connectivity index (χ1) is 16.4. The quantitative estimate of drug-likeness (QED) is 0.418. The van der Waals surface area contributed by atoms with Gasteiger partial charge in [0.15, 0.2) is 5.82 Å². The number of anilines is 2. The summed E-state index contributed by atoms with van der Waals surface area (Å²) >= 11 is 0. The molecular weight excluding hydrogens is 436 g/mol. The van der Waals surface area contributed by atoms with Gasteiger partial charge < -0.3 is 11.1 Å². The van der Waals surface area contributed by atoms with E-state index in [1.54, 1.807) is 24.5 Å². The normalized spacial score (nSPS) is 12.1. The molecule has 0 bridgehead atoms. The van der Waals surface area contributed by atoms with Gasteiger partial charge in [0.05, 0.1) is 17.1 Å². The molecule has 0 atom stereocenters. The minimum absolute atomic E-state index is 0.0502. The van der Waals surface area contributed by atoms with Crippen molar-refractivity contribution < 1.29 is 13.6 Å². The third kappa shape index (κ3) is 3.53. The standard InChI is InChI=1S/C26H21F2N5O/c1-3-23-18-7-5-15-4-6-16(31-26(34)17-8-9-30-13-14(17)2)10-19(15)25(18)33(32-23)24-12-20(27)22(29)11-21(24)28/h3-4,6,8-13H,1,5,7,29H2,2H3,(H,31,34). The highest BCUT2D eigenvalue weighted by Crippen LogP contribution is 2.39. The lowest BCUT2D eigenvalue weighted by molar-refractivity contribution is 0.102. The predicted molar refractivity (Wildman–Crippen MR) is 128 cm³/mol. The molecule has 0 aliphatic heterocycles. The molecule has 34 heavy (non-hydrogen) atoms. The smallest absolute Gasteiger partial charge is 0.256 e. The summed E-state index contributed by atoms with van der Waals surface area (Å²) in [6.45, 7) is 5.65. The largest absolute Gasteiger partial charge is 0.396 e. The molecule has 2 heterocycles. The number of pyridine rings is 1. The topological polar surface area (TPSA) is 85.8 Å². The van der Waals surface area contributed by atoms with Gasteiger partial charge in [-0.05, 0) is 55.2 Å². The summed E-state index contributed by atoms with van der Waals surface area (Å²) in [5, 5.41) is 7.44. The molecule has 170 valence electrons. The van der Waals surface area contributed by atoms with Gasteiger partial charge in [0.25, 0.3) is 5.91 Å². The highest BCUT2D eigenvalue weighted by molar-refractivity contribution is 6.05. The Morgan fingerprint density at radius 2 is 2.00 bits per heavy atom. The lowest BCUT2D eigenvalue weighted by Gasteiger charge is -2.20. The number of aromatic nitrogens is 3. The van der Waals surface area contributed by atoms with Crippen molar-refractivity contribution in [2.24, 2.45) is 0 Å². The number of carbonyl (C=O) groups is 1. The maximum absolute atomic E-state index is 14.9. The second-order valence-corrected chi connectivity index (χ2v) is 8.17. The summed E-state index contributed by atoms with van der Waals surface area (Å²) < 4.78 is 30.5. The van der Waals surface area contributed by atoms with Crippen molar-refractivity contribution in [3.63, 3.8) is 0 Å². The van der Waals surface area contributed by atoms with Crippen molar-refractivity contribution in [1.29, 1.82) is 0 Å². The van der Waals surface area contributed by atoms with Crippen LogP contribution in [-0.4, -0.2) is 20.7 Å². The lowest BCUT2D eigenvalue weighted by atomic mass is 9.88. The molecule has 0 saturated carbocycles. The van der Waals surface area contributed by atoms with Crippen LogP contribution in [0, 0.1) is 18.6 Å². The van der Waals surface area contributed by atoms with Crippen LogP contribution in [0.2, 0.25) is 0 Å². The number of halogens is 2. The van der Waals surface area contributed by atoms with E-state index in [0.29, 0.717) is 29.1 Å². The van der Waals surface area contributed by atoms with Crippen LogP contribution in [0.5, 0.6) is 0 Å². The number of hydrogen-bond acceptors (Lipinski definition) is 4. The number of nitrogen functional groups attached to an aromatic ring is 1. The number of carbonyl (C=O) groups excluding carboxylic acids is 1. The van der Waals surface area contributed by atoms with Crippen LogP contribution in [-0.2, 0) is 12.8 Å². The van der Waals surface area contributed by atoms with Crippen LogP contribution in [0.3, 0.4) is 0 Å². The Morgan fingerprint density at radius 1 is 1.18 bits per heavy atom. The molecule has 0 spiro atoms. The molecular formula is C26H21F2N5O.